The number of rotatable bonds is 7. The molecule has 0 amide bonds. The van der Waals surface area contributed by atoms with E-state index in [9.17, 15) is 10.3 Å². The Bertz CT molecular complexity index is 1220. The highest BCUT2D eigenvalue weighted by molar-refractivity contribution is 5.76. The predicted octanol–water partition coefficient (Wildman–Crippen LogP) is 3.56. The van der Waals surface area contributed by atoms with Crippen LogP contribution in [0.25, 0.3) is 0 Å². The number of carbonyl (C=O) groups excluding carboxylic acids is 1. The monoisotopic (exact) mass is 430 g/mol. The van der Waals surface area contributed by atoms with Crippen molar-refractivity contribution in [3.05, 3.63) is 23.3 Å². The summed E-state index contributed by atoms with van der Waals surface area (Å²) in [6.45, 7) is -3.47. The second kappa shape index (κ2) is 9.56. The molecule has 3 rings (SSSR count). The summed E-state index contributed by atoms with van der Waals surface area (Å²) in [6, 6.07) is -1.40. The molecule has 1 aromatic rings. The second-order valence-corrected chi connectivity index (χ2v) is 7.62. The maximum Gasteiger partial charge on any atom is 0.323 e. The van der Waals surface area contributed by atoms with Gasteiger partial charge in [0.15, 0.2) is 11.5 Å². The van der Waals surface area contributed by atoms with Gasteiger partial charge in [-0.2, -0.15) is 0 Å². The van der Waals surface area contributed by atoms with E-state index >= 15 is 0 Å². The Morgan fingerprint density at radius 1 is 1.40 bits per heavy atom. The molecule has 0 spiro atoms. The molecule has 0 aliphatic carbocycles. The maximum atomic E-state index is 13.2. The van der Waals surface area contributed by atoms with Crippen molar-refractivity contribution in [3.8, 4) is 11.5 Å². The smallest absolute Gasteiger partial charge is 0.323 e. The van der Waals surface area contributed by atoms with Gasteiger partial charge in [0.25, 0.3) is 0 Å². The molecule has 1 saturated heterocycles. The molecule has 2 heterocycles. The first-order chi connectivity index (χ1) is 18.8. The molecular weight excluding hydrogens is 380 g/mol. The van der Waals surface area contributed by atoms with E-state index in [4.69, 9.17) is 30.9 Å². The van der Waals surface area contributed by atoms with Crippen molar-refractivity contribution in [1.29, 1.82) is 0 Å². The average molecular weight is 431 g/mol. The van der Waals surface area contributed by atoms with Crippen LogP contribution in [0.15, 0.2) is 12.1 Å². The van der Waals surface area contributed by atoms with Gasteiger partial charge < -0.3 is 19.9 Å². The lowest BCUT2D eigenvalue weighted by Crippen LogP contribution is -2.51. The van der Waals surface area contributed by atoms with E-state index < -0.39 is 74.5 Å². The number of fused-ring (bicyclic) bond motifs is 3. The molecule has 5 atom stereocenters. The fourth-order valence-electron chi connectivity index (χ4n) is 3.36. The lowest BCUT2D eigenvalue weighted by Gasteiger charge is -2.47. The third kappa shape index (κ3) is 4.75. The Balaban J connectivity index is 2.45. The highest BCUT2D eigenvalue weighted by Gasteiger charge is 2.41. The summed E-state index contributed by atoms with van der Waals surface area (Å²) in [7, 11) is 2.68. The summed E-state index contributed by atoms with van der Waals surface area (Å²) >= 11 is 0. The van der Waals surface area contributed by atoms with Crippen LogP contribution in [-0.2, 0) is 16.0 Å². The van der Waals surface area contributed by atoms with Crippen LogP contribution >= 0.6 is 0 Å². The molecule has 6 nitrogen and oxygen atoms in total. The molecule has 0 bridgehead atoms. The van der Waals surface area contributed by atoms with Crippen molar-refractivity contribution in [3.63, 3.8) is 0 Å². The first-order valence-corrected chi connectivity index (χ1v) is 9.83. The van der Waals surface area contributed by atoms with Crippen LogP contribution in [0, 0.1) is 17.7 Å². The predicted molar refractivity (Wildman–Crippen MR) is 118 cm³/mol. The summed E-state index contributed by atoms with van der Waals surface area (Å²) in [6.07, 6.45) is -9.76. The van der Waals surface area contributed by atoms with Crippen LogP contribution in [-0.4, -0.2) is 50.3 Å². The molecule has 1 fully saturated rings. The highest BCUT2D eigenvalue weighted by Crippen LogP contribution is 2.44. The number of ether oxygens (including phenoxy) is 3. The first kappa shape index (κ1) is 11.7. The summed E-state index contributed by atoms with van der Waals surface area (Å²) < 4.78 is 122. The SMILES string of the molecule is [2H]C([2H])([2H])C([2H])(C)C([2H])([2H])C1([2H])C(OC(=O)[C@@H](N)C(C)C)C([2H])([2H])C2([2H])c3cc(OC)c(OC)cc3CCN2C1([2H])[2H]. The van der Waals surface area contributed by atoms with E-state index in [2.05, 4.69) is 0 Å². The molecule has 2 N–H and O–H groups in total. The first-order valence-electron chi connectivity index (χ1n) is 15.8. The molecular formula is C24H38N2O4. The van der Waals surface area contributed by atoms with Crippen molar-refractivity contribution in [1.82, 2.24) is 4.90 Å². The van der Waals surface area contributed by atoms with Crippen LogP contribution < -0.4 is 15.2 Å². The van der Waals surface area contributed by atoms with Crippen molar-refractivity contribution in [2.45, 2.75) is 65.0 Å². The van der Waals surface area contributed by atoms with Gasteiger partial charge in [0.1, 0.15) is 12.1 Å². The van der Waals surface area contributed by atoms with Gasteiger partial charge in [0.05, 0.1) is 15.6 Å². The lowest BCUT2D eigenvalue weighted by molar-refractivity contribution is -0.160. The number of hydrogen-bond donors (Lipinski definition) is 1. The zero-order chi connectivity index (χ0) is 32.6. The molecule has 6 heteroatoms. The number of piperidine rings is 1. The van der Waals surface area contributed by atoms with Crippen LogP contribution in [0.4, 0.5) is 0 Å². The molecule has 0 radical (unpaired) electrons. The Kier molecular flexibility index (Phi) is 3.74. The maximum absolute atomic E-state index is 13.2. The largest absolute Gasteiger partial charge is 0.493 e. The van der Waals surface area contributed by atoms with Gasteiger partial charge in [-0.05, 0) is 47.9 Å². The number of benzene rings is 1. The number of nitrogens with zero attached hydrogens (tertiary/aromatic N) is 1. The normalized spacial score (nSPS) is 41.9. The number of carbonyl (C=O) groups is 1. The molecule has 2 aliphatic heterocycles. The molecule has 1 aromatic carbocycles. The zero-order valence-corrected chi connectivity index (χ0v) is 18.0. The van der Waals surface area contributed by atoms with Gasteiger partial charge in [-0.15, -0.1) is 0 Å². The molecule has 0 saturated carbocycles. The Hall–Kier alpha value is -1.79. The molecule has 2 aliphatic rings. The molecule has 30 heavy (non-hydrogen) atoms. The molecule has 4 unspecified atom stereocenters. The summed E-state index contributed by atoms with van der Waals surface area (Å²) in [5, 5.41) is 0. The van der Waals surface area contributed by atoms with Gasteiger partial charge >= 0.3 is 5.97 Å². The quantitative estimate of drug-likeness (QED) is 0.667. The fourth-order valence-corrected chi connectivity index (χ4v) is 3.36. The van der Waals surface area contributed by atoms with Crippen LogP contribution in [0.1, 0.15) is 74.0 Å². The lowest BCUT2D eigenvalue weighted by atomic mass is 9.79. The van der Waals surface area contributed by atoms with Crippen LogP contribution in [0.2, 0.25) is 0 Å². The highest BCUT2D eigenvalue weighted by atomic mass is 16.5. The van der Waals surface area contributed by atoms with Crippen LogP contribution in [0.3, 0.4) is 0 Å². The zero-order valence-electron chi connectivity index (χ0n) is 30.0. The minimum absolute atomic E-state index is 0.00504. The van der Waals surface area contributed by atoms with Crippen molar-refractivity contribution in [2.24, 2.45) is 23.4 Å². The van der Waals surface area contributed by atoms with Crippen molar-refractivity contribution >= 4 is 5.97 Å². The van der Waals surface area contributed by atoms with Gasteiger partial charge in [-0.3, -0.25) is 9.69 Å². The third-order valence-electron chi connectivity index (χ3n) is 5.07. The number of methoxy groups -OCH3 is 2. The Morgan fingerprint density at radius 3 is 2.73 bits per heavy atom. The average Bonchev–Trinajstić information content (AvgIpc) is 2.87. The van der Waals surface area contributed by atoms with E-state index in [1.807, 2.05) is 0 Å². The number of hydrogen-bond acceptors (Lipinski definition) is 6. The van der Waals surface area contributed by atoms with Gasteiger partial charge in [0.2, 0.25) is 0 Å². The number of nitrogens with two attached hydrogens (primary N) is 1. The minimum atomic E-state index is -3.71. The van der Waals surface area contributed by atoms with E-state index in [0.29, 0.717) is 17.4 Å². The van der Waals surface area contributed by atoms with E-state index in [1.54, 1.807) is 13.8 Å². The van der Waals surface area contributed by atoms with Gasteiger partial charge in [-0.25, -0.2) is 0 Å². The summed E-state index contributed by atoms with van der Waals surface area (Å²) in [4.78, 5) is 13.8. The van der Waals surface area contributed by atoms with E-state index in [0.717, 1.165) is 0 Å². The van der Waals surface area contributed by atoms with Crippen molar-refractivity contribution in [2.75, 3.05) is 27.3 Å². The summed E-state index contributed by atoms with van der Waals surface area (Å²) in [5.74, 6) is -8.36. The Morgan fingerprint density at radius 2 is 2.10 bits per heavy atom. The van der Waals surface area contributed by atoms with E-state index in [-0.39, 0.29) is 23.5 Å². The molecule has 0 aromatic heterocycles. The van der Waals surface area contributed by atoms with Gasteiger partial charge in [-0.1, -0.05) is 27.6 Å². The fraction of sp³-hybridized carbons (Fsp3) is 0.708. The topological polar surface area (TPSA) is 74.0 Å². The van der Waals surface area contributed by atoms with Crippen LogP contribution in [0.5, 0.6) is 11.5 Å². The van der Waals surface area contributed by atoms with E-state index in [1.165, 1.54) is 26.4 Å². The third-order valence-corrected chi connectivity index (χ3v) is 5.07. The van der Waals surface area contributed by atoms with Gasteiger partial charge in [0, 0.05) is 46.4 Å². The van der Waals surface area contributed by atoms with Crippen molar-refractivity contribution < 1.29 is 35.5 Å². The number of esters is 1. The standard InChI is InChI=1S/C24H38N2O4/c1-14(2)9-17-13-26-8-7-16-10-21(28-5)22(29-6)11-18(16)19(26)12-20(17)30-24(27)23(25)15(3)4/h10-11,14-15,17,19-20,23H,7-9,12-13,25H2,1-6H3/t17?,19?,20?,23-/m0/s1/i1D3,9D2,12D2,13D2,14D,17D,19D/t14?,17?,19?,20?,23-. The minimum Gasteiger partial charge on any atom is -0.493 e. The second-order valence-electron chi connectivity index (χ2n) is 7.62. The molecule has 168 valence electrons. The Labute approximate surface area is 197 Å². The summed E-state index contributed by atoms with van der Waals surface area (Å²) in [5.41, 5.74) is 6.20.